The fraction of sp³-hybridized carbons (Fsp3) is 0.441. The molecule has 2 N–H and O–H groups in total. The molecule has 1 fully saturated rings. The van der Waals surface area contributed by atoms with Crippen LogP contribution in [0.3, 0.4) is 0 Å². The lowest BCUT2D eigenvalue weighted by molar-refractivity contribution is 0.175. The molecule has 1 unspecified atom stereocenters. The summed E-state index contributed by atoms with van der Waals surface area (Å²) in [5.74, 6) is 2.24. The van der Waals surface area contributed by atoms with E-state index in [1.165, 1.54) is 41.6 Å². The van der Waals surface area contributed by atoms with Crippen LogP contribution in [0, 0.1) is 0 Å². The first-order valence-electron chi connectivity index (χ1n) is 16.0. The molecule has 4 aromatic rings. The Morgan fingerprint density at radius 2 is 1.52 bits per heavy atom. The topological polar surface area (TPSA) is 143 Å². The van der Waals surface area contributed by atoms with Gasteiger partial charge in [-0.15, -0.1) is 0 Å². The van der Waals surface area contributed by atoms with Crippen LogP contribution in [0.5, 0.6) is 34.5 Å². The Morgan fingerprint density at radius 1 is 0.854 bits per heavy atom. The number of aromatic nitrogens is 2. The number of nitrogens with one attached hydrogen (secondary N) is 1. The molecule has 260 valence electrons. The first kappa shape index (κ1) is 34.9. The van der Waals surface area contributed by atoms with E-state index in [9.17, 15) is 18.3 Å². The summed E-state index contributed by atoms with van der Waals surface area (Å²) < 4.78 is 61.9. The molecule has 1 atom stereocenters. The summed E-state index contributed by atoms with van der Waals surface area (Å²) in [6.07, 6.45) is 3.13. The lowest BCUT2D eigenvalue weighted by Gasteiger charge is -2.17. The van der Waals surface area contributed by atoms with Crippen LogP contribution < -0.4 is 34.1 Å². The smallest absolute Gasteiger partial charge is 0.328 e. The molecule has 1 aliphatic rings. The minimum absolute atomic E-state index is 0.0558. The number of sulfonamides is 1. The van der Waals surface area contributed by atoms with Crippen molar-refractivity contribution < 1.29 is 37.2 Å². The van der Waals surface area contributed by atoms with Crippen LogP contribution >= 0.6 is 0 Å². The molecule has 0 radical (unpaired) electrons. The molecule has 48 heavy (non-hydrogen) atoms. The number of hydrogen-bond donors (Lipinski definition) is 2. The lowest BCUT2D eigenvalue weighted by atomic mass is 10.2. The van der Waals surface area contributed by atoms with Crippen molar-refractivity contribution in [1.82, 2.24) is 14.0 Å². The molecule has 0 bridgehead atoms. The molecule has 0 spiro atoms. The van der Waals surface area contributed by atoms with Crippen molar-refractivity contribution in [3.63, 3.8) is 0 Å². The summed E-state index contributed by atoms with van der Waals surface area (Å²) in [6, 6.07) is 12.7. The van der Waals surface area contributed by atoms with Crippen molar-refractivity contribution in [3.8, 4) is 34.5 Å². The third-order valence-corrected chi connectivity index (χ3v) is 9.59. The monoisotopic (exact) mass is 684 g/mol. The van der Waals surface area contributed by atoms with E-state index in [0.29, 0.717) is 53.8 Å². The van der Waals surface area contributed by atoms with Gasteiger partial charge in [-0.2, -0.15) is 0 Å². The van der Waals surface area contributed by atoms with Gasteiger partial charge in [0.15, 0.2) is 17.2 Å². The van der Waals surface area contributed by atoms with E-state index < -0.39 is 10.0 Å². The number of benzene rings is 3. The van der Waals surface area contributed by atoms with Gasteiger partial charge in [0.1, 0.15) is 17.2 Å². The second-order valence-electron chi connectivity index (χ2n) is 11.7. The molecule has 3 aromatic carbocycles. The average Bonchev–Trinajstić information content (AvgIpc) is 3.58. The van der Waals surface area contributed by atoms with E-state index in [-0.39, 0.29) is 33.9 Å². The molecule has 14 heteroatoms. The molecular weight excluding hydrogens is 640 g/mol. The number of nitrogens with zero attached hydrogens (tertiary/aromatic N) is 3. The highest BCUT2D eigenvalue weighted by Crippen LogP contribution is 2.38. The molecule has 5 rings (SSSR count). The van der Waals surface area contributed by atoms with E-state index in [4.69, 9.17) is 23.7 Å². The Hall–Kier alpha value is -4.40. The van der Waals surface area contributed by atoms with E-state index in [2.05, 4.69) is 9.62 Å². The quantitative estimate of drug-likeness (QED) is 0.162. The van der Waals surface area contributed by atoms with Gasteiger partial charge in [-0.05, 0) is 50.4 Å². The van der Waals surface area contributed by atoms with Crippen molar-refractivity contribution in [2.75, 3.05) is 51.8 Å². The van der Waals surface area contributed by atoms with Crippen LogP contribution in [0.2, 0.25) is 0 Å². The number of aliphatic hydroxyl groups excluding tert-OH is 1. The van der Waals surface area contributed by atoms with Crippen LogP contribution in [-0.4, -0.2) is 80.7 Å². The number of anilines is 1. The van der Waals surface area contributed by atoms with E-state index in [1.54, 1.807) is 44.4 Å². The zero-order valence-electron chi connectivity index (χ0n) is 28.0. The third kappa shape index (κ3) is 8.00. The number of aryl methyl sites for hydroxylation is 2. The molecular formula is C34H44N4O9S. The van der Waals surface area contributed by atoms with Crippen molar-refractivity contribution in [1.29, 1.82) is 0 Å². The fourth-order valence-corrected chi connectivity index (χ4v) is 6.71. The molecule has 2 heterocycles. The van der Waals surface area contributed by atoms with Crippen molar-refractivity contribution >= 4 is 26.7 Å². The Bertz CT molecular complexity index is 1900. The van der Waals surface area contributed by atoms with Crippen molar-refractivity contribution in [2.45, 2.75) is 43.6 Å². The molecule has 1 saturated heterocycles. The minimum atomic E-state index is -4.15. The van der Waals surface area contributed by atoms with Gasteiger partial charge in [-0.1, -0.05) is 6.92 Å². The molecule has 0 saturated carbocycles. The number of fused-ring (bicyclic) bond motifs is 1. The maximum Gasteiger partial charge on any atom is 0.328 e. The second kappa shape index (κ2) is 15.2. The summed E-state index contributed by atoms with van der Waals surface area (Å²) in [5.41, 5.74) is 0.898. The number of unbranched alkanes of at least 4 members (excludes halogenated alkanes) is 1. The predicted molar refractivity (Wildman–Crippen MR) is 183 cm³/mol. The Labute approximate surface area is 280 Å². The zero-order valence-corrected chi connectivity index (χ0v) is 28.8. The lowest BCUT2D eigenvalue weighted by Crippen LogP contribution is -2.23. The Balaban J connectivity index is 1.44. The summed E-state index contributed by atoms with van der Waals surface area (Å²) in [5, 5.41) is 9.76. The van der Waals surface area contributed by atoms with Crippen LogP contribution in [0.25, 0.3) is 11.0 Å². The van der Waals surface area contributed by atoms with Gasteiger partial charge < -0.3 is 33.7 Å². The number of β-amino-alcohol motifs (C(OH)–C–C–N with tert-alkyl or cyclic N) is 1. The number of hydrogen-bond acceptors (Lipinski definition) is 10. The number of methoxy groups -OCH3 is 2. The average molecular weight is 685 g/mol. The van der Waals surface area contributed by atoms with Gasteiger partial charge >= 0.3 is 5.69 Å². The molecule has 0 amide bonds. The third-order valence-electron chi connectivity index (χ3n) is 8.22. The van der Waals surface area contributed by atoms with Gasteiger partial charge in [0, 0.05) is 57.5 Å². The van der Waals surface area contributed by atoms with Crippen molar-refractivity contribution in [2.24, 2.45) is 14.1 Å². The maximum absolute atomic E-state index is 13.7. The number of imidazole rings is 1. The van der Waals surface area contributed by atoms with E-state index in [1.807, 2.05) is 6.92 Å². The number of ether oxygens (including phenoxy) is 5. The van der Waals surface area contributed by atoms with Crippen LogP contribution in [0.4, 0.5) is 5.69 Å². The van der Waals surface area contributed by atoms with Gasteiger partial charge in [0.05, 0.1) is 55.2 Å². The predicted octanol–water partition coefficient (Wildman–Crippen LogP) is 4.50. The van der Waals surface area contributed by atoms with E-state index in [0.717, 1.165) is 38.8 Å². The highest BCUT2D eigenvalue weighted by Gasteiger charge is 2.23. The maximum atomic E-state index is 13.7. The molecule has 1 aromatic heterocycles. The summed E-state index contributed by atoms with van der Waals surface area (Å²) >= 11 is 0. The first-order chi connectivity index (χ1) is 23.0. The Morgan fingerprint density at radius 3 is 2.17 bits per heavy atom. The van der Waals surface area contributed by atoms with E-state index >= 15 is 0 Å². The SMILES string of the molecule is CCCOc1cc(OCCCCN2CCC(O)C2)cc(Oc2cc3c(cc2NS(=O)(=O)c2ccc(OC)c(OC)c2)n(C)c(=O)n3C)c1. The van der Waals surface area contributed by atoms with Gasteiger partial charge in [-0.3, -0.25) is 13.9 Å². The largest absolute Gasteiger partial charge is 0.493 e. The standard InChI is InChI=1S/C34H44N4O9S/c1-6-14-45-24-16-25(46-15-8-7-12-38-13-11-23(39)22-38)18-26(17-24)47-32-21-30-29(36(2)34(40)37(30)3)20-28(32)35-48(41,42)27-9-10-31(43-4)33(19-27)44-5/h9-10,16-21,23,35,39H,6-8,11-15,22H2,1-5H3. The van der Waals surface area contributed by atoms with Gasteiger partial charge in [-0.25, -0.2) is 13.2 Å². The fourth-order valence-electron chi connectivity index (χ4n) is 5.64. The van der Waals surface area contributed by atoms with Gasteiger partial charge in [0.2, 0.25) is 0 Å². The molecule has 13 nitrogen and oxygen atoms in total. The van der Waals surface area contributed by atoms with Crippen LogP contribution in [-0.2, 0) is 24.1 Å². The molecule has 0 aliphatic carbocycles. The number of aliphatic hydroxyl groups is 1. The van der Waals surface area contributed by atoms with Crippen molar-refractivity contribution in [3.05, 3.63) is 59.0 Å². The van der Waals surface area contributed by atoms with Crippen LogP contribution in [0.1, 0.15) is 32.6 Å². The Kier molecular flexibility index (Phi) is 11.1. The summed E-state index contributed by atoms with van der Waals surface area (Å²) in [4.78, 5) is 15.0. The highest BCUT2D eigenvalue weighted by atomic mass is 32.2. The minimum Gasteiger partial charge on any atom is -0.493 e. The summed E-state index contributed by atoms with van der Waals surface area (Å²) in [6.45, 7) is 5.50. The van der Waals surface area contributed by atoms with Gasteiger partial charge in [0.25, 0.3) is 10.0 Å². The summed E-state index contributed by atoms with van der Waals surface area (Å²) in [7, 11) is 1.99. The highest BCUT2D eigenvalue weighted by molar-refractivity contribution is 7.92. The zero-order chi connectivity index (χ0) is 34.4. The van der Waals surface area contributed by atoms with Crippen LogP contribution in [0.15, 0.2) is 58.2 Å². The molecule has 1 aliphatic heterocycles. The number of rotatable bonds is 16. The number of likely N-dealkylation sites (tertiary alicyclic amines) is 1. The first-order valence-corrected chi connectivity index (χ1v) is 17.4. The second-order valence-corrected chi connectivity index (χ2v) is 13.4. The normalized spacial score (nSPS) is 15.1.